The molecule has 0 heterocycles. The smallest absolute Gasteiger partial charge is 0.127 e. The van der Waals surface area contributed by atoms with Crippen LogP contribution in [0.3, 0.4) is 0 Å². The first-order valence-electron chi connectivity index (χ1n) is 5.80. The van der Waals surface area contributed by atoms with Crippen molar-refractivity contribution >= 4 is 0 Å². The molecule has 1 rings (SSSR count). The normalized spacial score (nSPS) is 10.6. The molecule has 2 N–H and O–H groups in total. The Balaban J connectivity index is 2.69. The van der Waals surface area contributed by atoms with Crippen LogP contribution in [0.25, 0.3) is 0 Å². The van der Waals surface area contributed by atoms with Crippen molar-refractivity contribution in [3.63, 3.8) is 0 Å². The largest absolute Gasteiger partial charge is 0.497 e. The van der Waals surface area contributed by atoms with Crippen molar-refractivity contribution < 1.29 is 9.47 Å². The Morgan fingerprint density at radius 3 is 2.59 bits per heavy atom. The van der Waals surface area contributed by atoms with Gasteiger partial charge in [0.05, 0.1) is 14.2 Å². The van der Waals surface area contributed by atoms with E-state index in [1.807, 2.05) is 18.2 Å². The first kappa shape index (κ1) is 13.8. The Kier molecular flexibility index (Phi) is 5.80. The van der Waals surface area contributed by atoms with Gasteiger partial charge in [-0.3, -0.25) is 0 Å². The van der Waals surface area contributed by atoms with Crippen LogP contribution in [-0.2, 0) is 6.54 Å². The molecule has 0 bridgehead atoms. The predicted octanol–water partition coefficient (Wildman–Crippen LogP) is 1.48. The van der Waals surface area contributed by atoms with Crippen molar-refractivity contribution in [2.24, 2.45) is 5.73 Å². The molecular weight excluding hydrogens is 216 g/mol. The van der Waals surface area contributed by atoms with Crippen LogP contribution in [0.5, 0.6) is 11.5 Å². The lowest BCUT2D eigenvalue weighted by Gasteiger charge is -2.18. The highest BCUT2D eigenvalue weighted by atomic mass is 16.5. The van der Waals surface area contributed by atoms with Crippen LogP contribution in [0.1, 0.15) is 12.0 Å². The second-order valence-electron chi connectivity index (χ2n) is 4.06. The number of methoxy groups -OCH3 is 2. The van der Waals surface area contributed by atoms with Gasteiger partial charge in [0.2, 0.25) is 0 Å². The molecule has 0 aromatic heterocycles. The van der Waals surface area contributed by atoms with Crippen LogP contribution in [0.15, 0.2) is 18.2 Å². The SMILES string of the molecule is COc1ccc(CN(C)CCCN)c(OC)c1. The highest BCUT2D eigenvalue weighted by molar-refractivity contribution is 5.40. The van der Waals surface area contributed by atoms with Gasteiger partial charge in [0.1, 0.15) is 11.5 Å². The van der Waals surface area contributed by atoms with Gasteiger partial charge in [-0.05, 0) is 32.6 Å². The molecule has 0 saturated heterocycles. The zero-order valence-corrected chi connectivity index (χ0v) is 10.9. The quantitative estimate of drug-likeness (QED) is 0.781. The predicted molar refractivity (Wildman–Crippen MR) is 69.6 cm³/mol. The fraction of sp³-hybridized carbons (Fsp3) is 0.538. The summed E-state index contributed by atoms with van der Waals surface area (Å²) in [5.41, 5.74) is 6.66. The van der Waals surface area contributed by atoms with E-state index in [0.717, 1.165) is 43.1 Å². The van der Waals surface area contributed by atoms with Gasteiger partial charge in [0.15, 0.2) is 0 Å². The minimum absolute atomic E-state index is 0.726. The minimum Gasteiger partial charge on any atom is -0.497 e. The minimum atomic E-state index is 0.726. The molecule has 0 radical (unpaired) electrons. The second-order valence-corrected chi connectivity index (χ2v) is 4.06. The summed E-state index contributed by atoms with van der Waals surface area (Å²) in [6, 6.07) is 5.90. The van der Waals surface area contributed by atoms with Gasteiger partial charge < -0.3 is 20.1 Å². The molecule has 1 aromatic carbocycles. The van der Waals surface area contributed by atoms with Crippen LogP contribution in [0, 0.1) is 0 Å². The van der Waals surface area contributed by atoms with E-state index < -0.39 is 0 Å². The Morgan fingerprint density at radius 2 is 2.00 bits per heavy atom. The van der Waals surface area contributed by atoms with Gasteiger partial charge in [0, 0.05) is 18.2 Å². The van der Waals surface area contributed by atoms with Gasteiger partial charge in [-0.1, -0.05) is 6.07 Å². The van der Waals surface area contributed by atoms with Crippen LogP contribution < -0.4 is 15.2 Å². The number of rotatable bonds is 7. The van der Waals surface area contributed by atoms with E-state index in [9.17, 15) is 0 Å². The summed E-state index contributed by atoms with van der Waals surface area (Å²) >= 11 is 0. The van der Waals surface area contributed by atoms with Crippen molar-refractivity contribution in [2.45, 2.75) is 13.0 Å². The summed E-state index contributed by atoms with van der Waals surface area (Å²) in [5, 5.41) is 0. The van der Waals surface area contributed by atoms with E-state index in [1.54, 1.807) is 14.2 Å². The summed E-state index contributed by atoms with van der Waals surface area (Å²) in [7, 11) is 5.42. The van der Waals surface area contributed by atoms with E-state index in [2.05, 4.69) is 11.9 Å². The summed E-state index contributed by atoms with van der Waals surface area (Å²) in [6.07, 6.45) is 1.01. The lowest BCUT2D eigenvalue weighted by molar-refractivity contribution is 0.314. The molecule has 0 amide bonds. The Labute approximate surface area is 103 Å². The van der Waals surface area contributed by atoms with Crippen LogP contribution >= 0.6 is 0 Å². The maximum absolute atomic E-state index is 5.50. The Morgan fingerprint density at radius 1 is 1.24 bits per heavy atom. The first-order valence-corrected chi connectivity index (χ1v) is 5.80. The zero-order chi connectivity index (χ0) is 12.7. The standard InChI is InChI=1S/C13H22N2O2/c1-15(8-4-7-14)10-11-5-6-12(16-2)9-13(11)17-3/h5-6,9H,4,7-8,10,14H2,1-3H3. The lowest BCUT2D eigenvalue weighted by atomic mass is 10.1. The second kappa shape index (κ2) is 7.14. The summed E-state index contributed by atoms with van der Waals surface area (Å²) in [6.45, 7) is 2.57. The molecule has 4 nitrogen and oxygen atoms in total. The van der Waals surface area contributed by atoms with Crippen molar-refractivity contribution in [2.75, 3.05) is 34.4 Å². The van der Waals surface area contributed by atoms with Gasteiger partial charge in [-0.25, -0.2) is 0 Å². The zero-order valence-electron chi connectivity index (χ0n) is 10.9. The van der Waals surface area contributed by atoms with Crippen molar-refractivity contribution in [3.8, 4) is 11.5 Å². The monoisotopic (exact) mass is 238 g/mol. The average Bonchev–Trinajstić information content (AvgIpc) is 2.36. The van der Waals surface area contributed by atoms with E-state index >= 15 is 0 Å². The maximum Gasteiger partial charge on any atom is 0.127 e. The third kappa shape index (κ3) is 4.24. The molecule has 17 heavy (non-hydrogen) atoms. The lowest BCUT2D eigenvalue weighted by Crippen LogP contribution is -2.21. The maximum atomic E-state index is 5.50. The molecule has 0 fully saturated rings. The third-order valence-corrected chi connectivity index (χ3v) is 2.68. The van der Waals surface area contributed by atoms with Gasteiger partial charge in [-0.15, -0.1) is 0 Å². The van der Waals surface area contributed by atoms with Crippen LogP contribution in [0.4, 0.5) is 0 Å². The topological polar surface area (TPSA) is 47.7 Å². The van der Waals surface area contributed by atoms with E-state index in [0.29, 0.717) is 0 Å². The molecule has 0 aliphatic carbocycles. The van der Waals surface area contributed by atoms with E-state index in [1.165, 1.54) is 0 Å². The Hall–Kier alpha value is -1.26. The van der Waals surface area contributed by atoms with Gasteiger partial charge in [-0.2, -0.15) is 0 Å². The molecule has 0 saturated carbocycles. The van der Waals surface area contributed by atoms with Crippen molar-refractivity contribution in [1.29, 1.82) is 0 Å². The van der Waals surface area contributed by atoms with Crippen molar-refractivity contribution in [3.05, 3.63) is 23.8 Å². The van der Waals surface area contributed by atoms with E-state index in [4.69, 9.17) is 15.2 Å². The fourth-order valence-corrected chi connectivity index (χ4v) is 1.71. The molecule has 1 aromatic rings. The van der Waals surface area contributed by atoms with Crippen molar-refractivity contribution in [1.82, 2.24) is 4.90 Å². The summed E-state index contributed by atoms with van der Waals surface area (Å²) in [5.74, 6) is 1.68. The fourth-order valence-electron chi connectivity index (χ4n) is 1.71. The number of hydrogen-bond acceptors (Lipinski definition) is 4. The molecule has 4 heteroatoms. The van der Waals surface area contributed by atoms with Gasteiger partial charge >= 0.3 is 0 Å². The highest BCUT2D eigenvalue weighted by Crippen LogP contribution is 2.25. The average molecular weight is 238 g/mol. The third-order valence-electron chi connectivity index (χ3n) is 2.68. The molecule has 0 aliphatic rings. The van der Waals surface area contributed by atoms with Crippen LogP contribution in [-0.4, -0.2) is 39.3 Å². The number of ether oxygens (including phenoxy) is 2. The number of nitrogens with zero attached hydrogens (tertiary/aromatic N) is 1. The molecule has 96 valence electrons. The molecule has 0 aliphatic heterocycles. The molecule has 0 atom stereocenters. The Bertz CT molecular complexity index is 342. The number of hydrogen-bond donors (Lipinski definition) is 1. The molecule has 0 spiro atoms. The summed E-state index contributed by atoms with van der Waals surface area (Å²) < 4.78 is 10.5. The number of nitrogens with two attached hydrogens (primary N) is 1. The molecular formula is C13H22N2O2. The highest BCUT2D eigenvalue weighted by Gasteiger charge is 2.07. The van der Waals surface area contributed by atoms with E-state index in [-0.39, 0.29) is 0 Å². The summed E-state index contributed by atoms with van der Waals surface area (Å²) in [4.78, 5) is 2.23. The van der Waals surface area contributed by atoms with Gasteiger partial charge in [0.25, 0.3) is 0 Å². The molecule has 0 unspecified atom stereocenters. The van der Waals surface area contributed by atoms with Crippen LogP contribution in [0.2, 0.25) is 0 Å². The number of benzene rings is 1. The first-order chi connectivity index (χ1) is 8.21.